The van der Waals surface area contributed by atoms with Crippen LogP contribution in [0.25, 0.3) is 0 Å². The van der Waals surface area contributed by atoms with Gasteiger partial charge in [-0.25, -0.2) is 0 Å². The maximum Gasteiger partial charge on any atom is 0.107 e. The van der Waals surface area contributed by atoms with E-state index in [4.69, 9.17) is 5.73 Å². The van der Waals surface area contributed by atoms with Gasteiger partial charge in [-0.3, -0.25) is 4.99 Å². The summed E-state index contributed by atoms with van der Waals surface area (Å²) in [5, 5.41) is 0. The SMILES string of the molecule is NCc1cccc(N2CCN=C2C2CC2)c1. The second-order valence-corrected chi connectivity index (χ2v) is 4.54. The number of hydrogen-bond donors (Lipinski definition) is 1. The van der Waals surface area contributed by atoms with Crippen LogP contribution in [0.15, 0.2) is 29.3 Å². The molecule has 0 unspecified atom stereocenters. The van der Waals surface area contributed by atoms with E-state index in [0.717, 1.165) is 19.0 Å². The van der Waals surface area contributed by atoms with Gasteiger partial charge in [-0.15, -0.1) is 0 Å². The molecule has 1 aromatic carbocycles. The molecule has 2 N–H and O–H groups in total. The van der Waals surface area contributed by atoms with Gasteiger partial charge in [0.1, 0.15) is 5.84 Å². The van der Waals surface area contributed by atoms with E-state index in [1.165, 1.54) is 29.9 Å². The number of rotatable bonds is 3. The fourth-order valence-electron chi connectivity index (χ4n) is 2.27. The lowest BCUT2D eigenvalue weighted by Gasteiger charge is -2.21. The van der Waals surface area contributed by atoms with E-state index < -0.39 is 0 Å². The highest BCUT2D eigenvalue weighted by molar-refractivity contribution is 6.02. The van der Waals surface area contributed by atoms with Crippen LogP contribution >= 0.6 is 0 Å². The average Bonchev–Trinajstić information content (AvgIpc) is 3.07. The quantitative estimate of drug-likeness (QED) is 0.835. The monoisotopic (exact) mass is 215 g/mol. The Balaban J connectivity index is 1.88. The van der Waals surface area contributed by atoms with Crippen molar-refractivity contribution in [2.24, 2.45) is 16.6 Å². The van der Waals surface area contributed by atoms with Gasteiger partial charge >= 0.3 is 0 Å². The zero-order valence-corrected chi connectivity index (χ0v) is 9.39. The van der Waals surface area contributed by atoms with Crippen molar-refractivity contribution in [3.63, 3.8) is 0 Å². The molecular weight excluding hydrogens is 198 g/mol. The summed E-state index contributed by atoms with van der Waals surface area (Å²) >= 11 is 0. The van der Waals surface area contributed by atoms with Crippen molar-refractivity contribution in [2.45, 2.75) is 19.4 Å². The van der Waals surface area contributed by atoms with Crippen molar-refractivity contribution in [2.75, 3.05) is 18.0 Å². The molecule has 0 amide bonds. The van der Waals surface area contributed by atoms with E-state index in [9.17, 15) is 0 Å². The van der Waals surface area contributed by atoms with E-state index in [0.29, 0.717) is 6.54 Å². The lowest BCUT2D eigenvalue weighted by molar-refractivity contribution is 1.00. The van der Waals surface area contributed by atoms with E-state index in [1.54, 1.807) is 0 Å². The van der Waals surface area contributed by atoms with Crippen molar-refractivity contribution in [3.8, 4) is 0 Å². The smallest absolute Gasteiger partial charge is 0.107 e. The van der Waals surface area contributed by atoms with Gasteiger partial charge in [0.25, 0.3) is 0 Å². The minimum absolute atomic E-state index is 0.609. The van der Waals surface area contributed by atoms with Crippen LogP contribution in [0.2, 0.25) is 0 Å². The van der Waals surface area contributed by atoms with Gasteiger partial charge in [-0.1, -0.05) is 12.1 Å². The van der Waals surface area contributed by atoms with Gasteiger partial charge < -0.3 is 10.6 Å². The Hall–Kier alpha value is -1.35. The van der Waals surface area contributed by atoms with E-state index >= 15 is 0 Å². The zero-order valence-electron chi connectivity index (χ0n) is 9.39. The molecule has 16 heavy (non-hydrogen) atoms. The Bertz CT molecular complexity index is 421. The minimum atomic E-state index is 0.609. The van der Waals surface area contributed by atoms with Gasteiger partial charge in [0.05, 0.1) is 6.54 Å². The van der Waals surface area contributed by atoms with Gasteiger partial charge in [-0.05, 0) is 30.5 Å². The second kappa shape index (κ2) is 3.91. The summed E-state index contributed by atoms with van der Waals surface area (Å²) in [4.78, 5) is 6.98. The van der Waals surface area contributed by atoms with Crippen LogP contribution in [-0.2, 0) is 6.54 Å². The topological polar surface area (TPSA) is 41.6 Å². The van der Waals surface area contributed by atoms with Crippen molar-refractivity contribution >= 4 is 11.5 Å². The first kappa shape index (κ1) is 9.85. The first-order chi connectivity index (χ1) is 7.88. The minimum Gasteiger partial charge on any atom is -0.328 e. The third kappa shape index (κ3) is 1.71. The second-order valence-electron chi connectivity index (χ2n) is 4.54. The summed E-state index contributed by atoms with van der Waals surface area (Å²) in [6, 6.07) is 8.50. The number of benzene rings is 1. The summed E-state index contributed by atoms with van der Waals surface area (Å²) < 4.78 is 0. The van der Waals surface area contributed by atoms with E-state index in [-0.39, 0.29) is 0 Å². The molecule has 1 fully saturated rings. The molecule has 3 rings (SSSR count). The van der Waals surface area contributed by atoms with Gasteiger partial charge in [0.2, 0.25) is 0 Å². The number of hydrogen-bond acceptors (Lipinski definition) is 3. The highest BCUT2D eigenvalue weighted by atomic mass is 15.2. The molecule has 84 valence electrons. The molecule has 0 aromatic heterocycles. The third-order valence-electron chi connectivity index (χ3n) is 3.27. The molecule has 1 saturated carbocycles. The maximum atomic E-state index is 5.68. The van der Waals surface area contributed by atoms with Crippen molar-refractivity contribution in [3.05, 3.63) is 29.8 Å². The highest BCUT2D eigenvalue weighted by Crippen LogP contribution is 2.35. The molecule has 1 heterocycles. The van der Waals surface area contributed by atoms with Gasteiger partial charge in [0.15, 0.2) is 0 Å². The molecule has 0 saturated heterocycles. The average molecular weight is 215 g/mol. The van der Waals surface area contributed by atoms with Crippen LogP contribution in [0.5, 0.6) is 0 Å². The van der Waals surface area contributed by atoms with Crippen LogP contribution in [0.4, 0.5) is 5.69 Å². The largest absolute Gasteiger partial charge is 0.328 e. The number of amidine groups is 1. The zero-order chi connectivity index (χ0) is 11.0. The van der Waals surface area contributed by atoms with Crippen LogP contribution in [-0.4, -0.2) is 18.9 Å². The lowest BCUT2D eigenvalue weighted by atomic mass is 10.2. The van der Waals surface area contributed by atoms with Crippen molar-refractivity contribution in [1.29, 1.82) is 0 Å². The van der Waals surface area contributed by atoms with Gasteiger partial charge in [0, 0.05) is 24.7 Å². The predicted molar refractivity (Wildman–Crippen MR) is 66.7 cm³/mol. The Morgan fingerprint density at radius 1 is 1.38 bits per heavy atom. The standard InChI is InChI=1S/C13H17N3/c14-9-10-2-1-3-12(8-10)16-7-6-15-13(16)11-4-5-11/h1-3,8,11H,4-7,9,14H2. The van der Waals surface area contributed by atoms with Crippen LogP contribution in [0.3, 0.4) is 0 Å². The van der Waals surface area contributed by atoms with Crippen LogP contribution in [0, 0.1) is 5.92 Å². The summed E-state index contributed by atoms with van der Waals surface area (Å²) in [5.41, 5.74) is 8.13. The van der Waals surface area contributed by atoms with Crippen molar-refractivity contribution < 1.29 is 0 Å². The summed E-state index contributed by atoms with van der Waals surface area (Å²) in [7, 11) is 0. The maximum absolute atomic E-state index is 5.68. The lowest BCUT2D eigenvalue weighted by Crippen LogP contribution is -2.28. The van der Waals surface area contributed by atoms with Crippen LogP contribution in [0.1, 0.15) is 18.4 Å². The van der Waals surface area contributed by atoms with E-state index in [2.05, 4.69) is 34.2 Å². The van der Waals surface area contributed by atoms with Crippen molar-refractivity contribution in [1.82, 2.24) is 0 Å². The molecule has 0 radical (unpaired) electrons. The fourth-order valence-corrected chi connectivity index (χ4v) is 2.27. The number of nitrogens with zero attached hydrogens (tertiary/aromatic N) is 2. The van der Waals surface area contributed by atoms with Crippen LogP contribution < -0.4 is 10.6 Å². The number of anilines is 1. The molecule has 1 aliphatic heterocycles. The van der Waals surface area contributed by atoms with Gasteiger partial charge in [-0.2, -0.15) is 0 Å². The molecule has 0 bridgehead atoms. The Morgan fingerprint density at radius 2 is 2.25 bits per heavy atom. The molecule has 3 nitrogen and oxygen atoms in total. The first-order valence-electron chi connectivity index (χ1n) is 5.99. The Kier molecular flexibility index (Phi) is 2.40. The molecule has 3 heteroatoms. The molecule has 1 aromatic rings. The molecule has 0 spiro atoms. The number of aliphatic imine (C=N–C) groups is 1. The molecule has 1 aliphatic carbocycles. The fraction of sp³-hybridized carbons (Fsp3) is 0.462. The summed E-state index contributed by atoms with van der Waals surface area (Å²) in [6.07, 6.45) is 2.62. The Morgan fingerprint density at radius 3 is 3.00 bits per heavy atom. The normalized spacial score (nSPS) is 20.1. The third-order valence-corrected chi connectivity index (χ3v) is 3.27. The Labute approximate surface area is 96.0 Å². The molecular formula is C13H17N3. The van der Waals surface area contributed by atoms with E-state index in [1.807, 2.05) is 0 Å². The first-order valence-corrected chi connectivity index (χ1v) is 5.99. The summed E-state index contributed by atoms with van der Waals surface area (Å²) in [6.45, 7) is 2.58. The predicted octanol–water partition coefficient (Wildman–Crippen LogP) is 1.77. The number of nitrogens with two attached hydrogens (primary N) is 1. The highest BCUT2D eigenvalue weighted by Gasteiger charge is 2.33. The molecule has 2 aliphatic rings. The molecule has 0 atom stereocenters. The summed E-state index contributed by atoms with van der Waals surface area (Å²) in [5.74, 6) is 2.03.